The lowest BCUT2D eigenvalue weighted by molar-refractivity contribution is -0.142. The van der Waals surface area contributed by atoms with Gasteiger partial charge in [-0.15, -0.1) is 0 Å². The van der Waals surface area contributed by atoms with Crippen LogP contribution in [0.4, 0.5) is 0 Å². The fourth-order valence-electron chi connectivity index (χ4n) is 3.66. The number of nitrogens with one attached hydrogen (secondary N) is 1. The second-order valence-electron chi connectivity index (χ2n) is 6.93. The minimum atomic E-state index is -0.314. The van der Waals surface area contributed by atoms with Crippen LogP contribution in [0.2, 0.25) is 0 Å². The molecule has 1 atom stereocenters. The zero-order valence-electron chi connectivity index (χ0n) is 13.1. The Morgan fingerprint density at radius 2 is 1.85 bits per heavy atom. The zero-order valence-corrected chi connectivity index (χ0v) is 13.1. The SMILES string of the molecule is CCCC(C)(C)NC1CC(=O)N(C2CCCCC2)C1=O. The summed E-state index contributed by atoms with van der Waals surface area (Å²) in [5.41, 5.74) is -0.0854. The predicted octanol–water partition coefficient (Wildman–Crippen LogP) is 2.61. The van der Waals surface area contributed by atoms with E-state index in [0.29, 0.717) is 6.42 Å². The van der Waals surface area contributed by atoms with Crippen molar-refractivity contribution in [3.8, 4) is 0 Å². The lowest BCUT2D eigenvalue weighted by Crippen LogP contribution is -2.50. The fourth-order valence-corrected chi connectivity index (χ4v) is 3.66. The monoisotopic (exact) mass is 280 g/mol. The van der Waals surface area contributed by atoms with E-state index < -0.39 is 0 Å². The third-order valence-corrected chi connectivity index (χ3v) is 4.56. The third kappa shape index (κ3) is 3.40. The van der Waals surface area contributed by atoms with Crippen LogP contribution in [0.5, 0.6) is 0 Å². The van der Waals surface area contributed by atoms with Gasteiger partial charge in [-0.05, 0) is 33.1 Å². The number of likely N-dealkylation sites (tertiary alicyclic amines) is 1. The summed E-state index contributed by atoms with van der Waals surface area (Å²) in [6, 6.07) is -0.157. The summed E-state index contributed by atoms with van der Waals surface area (Å²) in [6.07, 6.45) is 7.91. The van der Waals surface area contributed by atoms with Gasteiger partial charge in [0.1, 0.15) is 0 Å². The molecule has 0 aromatic heterocycles. The standard InChI is InChI=1S/C16H28N2O2/c1-4-10-16(2,3)17-13-11-14(19)18(15(13)20)12-8-6-5-7-9-12/h12-13,17H,4-11H2,1-3H3. The van der Waals surface area contributed by atoms with Crippen molar-refractivity contribution in [2.75, 3.05) is 0 Å². The van der Waals surface area contributed by atoms with Crippen LogP contribution in [0.15, 0.2) is 0 Å². The van der Waals surface area contributed by atoms with Crippen LogP contribution in [0.25, 0.3) is 0 Å². The summed E-state index contributed by atoms with van der Waals surface area (Å²) >= 11 is 0. The highest BCUT2D eigenvalue weighted by Gasteiger charge is 2.43. The van der Waals surface area contributed by atoms with E-state index in [4.69, 9.17) is 0 Å². The summed E-state index contributed by atoms with van der Waals surface area (Å²) in [5, 5.41) is 3.39. The van der Waals surface area contributed by atoms with Gasteiger partial charge < -0.3 is 5.32 Å². The van der Waals surface area contributed by atoms with Gasteiger partial charge >= 0.3 is 0 Å². The number of carbonyl (C=O) groups excluding carboxylic acids is 2. The Kier molecular flexibility index (Phi) is 4.84. The summed E-state index contributed by atoms with van der Waals surface area (Å²) in [5.74, 6) is 0.0257. The van der Waals surface area contributed by atoms with Crippen LogP contribution >= 0.6 is 0 Å². The van der Waals surface area contributed by atoms with Crippen LogP contribution in [-0.2, 0) is 9.59 Å². The molecule has 0 spiro atoms. The molecule has 1 saturated carbocycles. The summed E-state index contributed by atoms with van der Waals surface area (Å²) < 4.78 is 0. The molecule has 2 rings (SSSR count). The molecule has 4 heteroatoms. The highest BCUT2D eigenvalue weighted by molar-refractivity contribution is 6.05. The van der Waals surface area contributed by atoms with E-state index in [1.807, 2.05) is 0 Å². The van der Waals surface area contributed by atoms with Gasteiger partial charge in [0.05, 0.1) is 12.5 Å². The van der Waals surface area contributed by atoms with Crippen molar-refractivity contribution in [2.45, 2.75) is 89.8 Å². The number of hydrogen-bond acceptors (Lipinski definition) is 3. The second kappa shape index (κ2) is 6.25. The molecule has 0 radical (unpaired) electrons. The first kappa shape index (κ1) is 15.5. The molecule has 1 aliphatic carbocycles. The highest BCUT2D eigenvalue weighted by atomic mass is 16.2. The molecular formula is C16H28N2O2. The maximum Gasteiger partial charge on any atom is 0.247 e. The quantitative estimate of drug-likeness (QED) is 0.788. The van der Waals surface area contributed by atoms with Crippen LogP contribution in [-0.4, -0.2) is 34.3 Å². The van der Waals surface area contributed by atoms with Gasteiger partial charge in [-0.3, -0.25) is 14.5 Å². The Bertz CT molecular complexity index is 373. The average molecular weight is 280 g/mol. The maximum absolute atomic E-state index is 12.5. The van der Waals surface area contributed by atoms with Crippen molar-refractivity contribution < 1.29 is 9.59 Å². The molecule has 1 unspecified atom stereocenters. The Balaban J connectivity index is 2.01. The molecule has 2 amide bonds. The van der Waals surface area contributed by atoms with Crippen molar-refractivity contribution in [1.29, 1.82) is 0 Å². The summed E-state index contributed by atoms with van der Waals surface area (Å²) in [7, 11) is 0. The van der Waals surface area contributed by atoms with Crippen molar-refractivity contribution >= 4 is 11.8 Å². The topological polar surface area (TPSA) is 49.4 Å². The molecule has 1 aliphatic heterocycles. The number of rotatable bonds is 5. The second-order valence-corrected chi connectivity index (χ2v) is 6.93. The molecule has 20 heavy (non-hydrogen) atoms. The van der Waals surface area contributed by atoms with E-state index >= 15 is 0 Å². The molecule has 1 saturated heterocycles. The molecule has 0 bridgehead atoms. The molecule has 2 aliphatic rings. The minimum Gasteiger partial charge on any atom is -0.300 e. The molecule has 2 fully saturated rings. The van der Waals surface area contributed by atoms with E-state index in [1.54, 1.807) is 4.90 Å². The molecule has 114 valence electrons. The molecule has 1 N–H and O–H groups in total. The summed E-state index contributed by atoms with van der Waals surface area (Å²) in [6.45, 7) is 6.36. The van der Waals surface area contributed by atoms with E-state index in [1.165, 1.54) is 6.42 Å². The van der Waals surface area contributed by atoms with Crippen molar-refractivity contribution in [1.82, 2.24) is 10.2 Å². The first-order valence-electron chi connectivity index (χ1n) is 8.08. The summed E-state index contributed by atoms with van der Waals surface area (Å²) in [4.78, 5) is 26.3. The van der Waals surface area contributed by atoms with E-state index in [0.717, 1.165) is 38.5 Å². The van der Waals surface area contributed by atoms with E-state index in [-0.39, 0.29) is 29.4 Å². The minimum absolute atomic E-state index is 0.00563. The first-order valence-corrected chi connectivity index (χ1v) is 8.08. The van der Waals surface area contributed by atoms with Gasteiger partial charge in [0.15, 0.2) is 0 Å². The average Bonchev–Trinajstić information content (AvgIpc) is 2.64. The van der Waals surface area contributed by atoms with Gasteiger partial charge in [-0.25, -0.2) is 0 Å². The Morgan fingerprint density at radius 3 is 2.45 bits per heavy atom. The molecule has 4 nitrogen and oxygen atoms in total. The van der Waals surface area contributed by atoms with Crippen molar-refractivity contribution in [3.05, 3.63) is 0 Å². The van der Waals surface area contributed by atoms with Crippen LogP contribution in [0, 0.1) is 0 Å². The predicted molar refractivity (Wildman–Crippen MR) is 79.3 cm³/mol. The number of nitrogens with zero attached hydrogens (tertiary/aromatic N) is 1. The molecule has 0 aromatic rings. The van der Waals surface area contributed by atoms with E-state index in [9.17, 15) is 9.59 Å². The Labute approximate surface area is 122 Å². The lowest BCUT2D eigenvalue weighted by atomic mass is 9.94. The Morgan fingerprint density at radius 1 is 1.20 bits per heavy atom. The largest absolute Gasteiger partial charge is 0.300 e. The number of carbonyl (C=O) groups is 2. The highest BCUT2D eigenvalue weighted by Crippen LogP contribution is 2.28. The van der Waals surface area contributed by atoms with Gasteiger partial charge in [-0.2, -0.15) is 0 Å². The maximum atomic E-state index is 12.5. The van der Waals surface area contributed by atoms with Gasteiger partial charge in [0, 0.05) is 11.6 Å². The van der Waals surface area contributed by atoms with E-state index in [2.05, 4.69) is 26.1 Å². The number of hydrogen-bond donors (Lipinski definition) is 1. The van der Waals surface area contributed by atoms with Gasteiger partial charge in [0.25, 0.3) is 0 Å². The number of imide groups is 1. The van der Waals surface area contributed by atoms with Crippen LogP contribution in [0.3, 0.4) is 0 Å². The van der Waals surface area contributed by atoms with Gasteiger partial charge in [-0.1, -0.05) is 32.6 Å². The molecule has 1 heterocycles. The first-order chi connectivity index (χ1) is 9.44. The molecule has 0 aromatic carbocycles. The number of amides is 2. The fraction of sp³-hybridized carbons (Fsp3) is 0.875. The lowest BCUT2D eigenvalue weighted by Gasteiger charge is -2.31. The van der Waals surface area contributed by atoms with Crippen LogP contribution < -0.4 is 5.32 Å². The van der Waals surface area contributed by atoms with Crippen LogP contribution in [0.1, 0.15) is 72.1 Å². The third-order valence-electron chi connectivity index (χ3n) is 4.56. The zero-order chi connectivity index (χ0) is 14.8. The smallest absolute Gasteiger partial charge is 0.247 e. The molecular weight excluding hydrogens is 252 g/mol. The van der Waals surface area contributed by atoms with Crippen molar-refractivity contribution in [3.63, 3.8) is 0 Å². The van der Waals surface area contributed by atoms with Crippen molar-refractivity contribution in [2.24, 2.45) is 0 Å². The Hall–Kier alpha value is -0.900. The normalized spacial score (nSPS) is 25.6. The van der Waals surface area contributed by atoms with Gasteiger partial charge in [0.2, 0.25) is 11.8 Å².